The quantitative estimate of drug-likeness (QED) is 0.0196. The highest BCUT2D eigenvalue weighted by Gasteiger charge is 2.51. The fourth-order valence-corrected chi connectivity index (χ4v) is 8.20. The molecule has 0 heterocycles. The van der Waals surface area contributed by atoms with E-state index in [0.29, 0.717) is 12.8 Å². The van der Waals surface area contributed by atoms with Crippen LogP contribution in [0.3, 0.4) is 0 Å². The Labute approximate surface area is 344 Å². The highest BCUT2D eigenvalue weighted by molar-refractivity contribution is 7.47. The van der Waals surface area contributed by atoms with Gasteiger partial charge in [0.05, 0.1) is 6.61 Å². The summed E-state index contributed by atoms with van der Waals surface area (Å²) < 4.78 is 33.5. The van der Waals surface area contributed by atoms with Gasteiger partial charge in [-0.15, -0.1) is 0 Å². The highest BCUT2D eigenvalue weighted by atomic mass is 31.2. The lowest BCUT2D eigenvalue weighted by atomic mass is 9.85. The number of hydrogen-bond donors (Lipinski definition) is 6. The Morgan fingerprint density at radius 1 is 0.474 bits per heavy atom. The van der Waals surface area contributed by atoms with Crippen LogP contribution in [-0.2, 0) is 32.7 Å². The van der Waals surface area contributed by atoms with Crippen LogP contribution in [0.1, 0.15) is 206 Å². The van der Waals surface area contributed by atoms with E-state index in [9.17, 15) is 44.6 Å². The number of carbonyl (C=O) groups is 2. The molecular formula is C43H83O13P. The van der Waals surface area contributed by atoms with Crippen molar-refractivity contribution in [1.82, 2.24) is 0 Å². The number of phosphoric acid groups is 1. The van der Waals surface area contributed by atoms with E-state index in [0.717, 1.165) is 38.5 Å². The maximum atomic E-state index is 12.8. The fraction of sp³-hybridized carbons (Fsp3) is 0.953. The monoisotopic (exact) mass is 839 g/mol. The first kappa shape index (κ1) is 53.9. The van der Waals surface area contributed by atoms with Crippen LogP contribution in [0.15, 0.2) is 0 Å². The molecule has 14 heteroatoms. The Morgan fingerprint density at radius 3 is 1.16 bits per heavy atom. The molecule has 6 N–H and O–H groups in total. The standard InChI is InChI=1S/C43H83O13P/c1-3-5-7-9-11-13-15-17-19-21-23-25-27-29-31-36(44)53-33-35(34-54-57(51,52)56-43-41(49)39(47)38(46)40(48)42(43)50)55-37(45)32-30-28-26-24-22-20-18-16-14-12-10-8-6-4-2/h35,38-43,46-50H,3-34H2,1-2H3,(H,51,52)/t35-,38?,39-,40+,41-,42-,43?/m1/s1. The maximum absolute atomic E-state index is 12.8. The first-order chi connectivity index (χ1) is 27.4. The van der Waals surface area contributed by atoms with Crippen LogP contribution in [0.25, 0.3) is 0 Å². The molecule has 0 saturated heterocycles. The number of aliphatic hydroxyl groups is 5. The molecule has 57 heavy (non-hydrogen) atoms. The van der Waals surface area contributed by atoms with E-state index in [-0.39, 0.29) is 12.8 Å². The van der Waals surface area contributed by atoms with Crippen LogP contribution in [0, 0.1) is 0 Å². The lowest BCUT2D eigenvalue weighted by molar-refractivity contribution is -0.220. The first-order valence-corrected chi connectivity index (χ1v) is 24.3. The summed E-state index contributed by atoms with van der Waals surface area (Å²) in [6, 6.07) is 0. The Balaban J connectivity index is 2.45. The van der Waals surface area contributed by atoms with Gasteiger partial charge < -0.3 is 39.9 Å². The number of esters is 2. The Bertz CT molecular complexity index is 1020. The Kier molecular flexibility index (Phi) is 32.7. The lowest BCUT2D eigenvalue weighted by Gasteiger charge is -2.41. The molecule has 1 aliphatic carbocycles. The van der Waals surface area contributed by atoms with Gasteiger partial charge in [-0.1, -0.05) is 181 Å². The van der Waals surface area contributed by atoms with Crippen molar-refractivity contribution >= 4 is 19.8 Å². The van der Waals surface area contributed by atoms with Crippen molar-refractivity contribution in [3.8, 4) is 0 Å². The molecule has 1 fully saturated rings. The molecule has 0 amide bonds. The zero-order valence-electron chi connectivity index (χ0n) is 35.7. The van der Waals surface area contributed by atoms with E-state index in [4.69, 9.17) is 18.5 Å². The zero-order valence-corrected chi connectivity index (χ0v) is 36.6. The molecule has 338 valence electrons. The van der Waals surface area contributed by atoms with Gasteiger partial charge in [0, 0.05) is 12.8 Å². The average molecular weight is 839 g/mol. The Hall–Kier alpha value is -1.15. The van der Waals surface area contributed by atoms with Crippen LogP contribution in [0.5, 0.6) is 0 Å². The van der Waals surface area contributed by atoms with E-state index in [1.165, 1.54) is 128 Å². The largest absolute Gasteiger partial charge is 0.472 e. The summed E-state index contributed by atoms with van der Waals surface area (Å²) >= 11 is 0. The van der Waals surface area contributed by atoms with Crippen LogP contribution in [0.2, 0.25) is 0 Å². The predicted molar refractivity (Wildman–Crippen MR) is 221 cm³/mol. The van der Waals surface area contributed by atoms with Crippen molar-refractivity contribution in [3.05, 3.63) is 0 Å². The molecule has 3 unspecified atom stereocenters. The SMILES string of the molecule is CCCCCCCCCCCCCCCCC(=O)OC[C@H](COP(=O)(O)OC1[C@H](O)[C@H](O)C(O)[C@H](O)[C@H]1O)OC(=O)CCCCCCCCCCCCCCCC. The van der Waals surface area contributed by atoms with Gasteiger partial charge in [-0.2, -0.15) is 0 Å². The van der Waals surface area contributed by atoms with Crippen molar-refractivity contribution in [2.45, 2.75) is 249 Å². The average Bonchev–Trinajstić information content (AvgIpc) is 3.19. The third kappa shape index (κ3) is 27.3. The zero-order chi connectivity index (χ0) is 42.2. The molecule has 1 aliphatic rings. The summed E-state index contributed by atoms with van der Waals surface area (Å²) in [6.07, 6.45) is 20.1. The number of ether oxygens (including phenoxy) is 2. The topological polar surface area (TPSA) is 210 Å². The van der Waals surface area contributed by atoms with E-state index in [1.807, 2.05) is 0 Å². The van der Waals surface area contributed by atoms with Crippen LogP contribution in [0.4, 0.5) is 0 Å². The van der Waals surface area contributed by atoms with E-state index < -0.39 is 75.7 Å². The van der Waals surface area contributed by atoms with Gasteiger partial charge in [-0.05, 0) is 12.8 Å². The van der Waals surface area contributed by atoms with Crippen LogP contribution < -0.4 is 0 Å². The third-order valence-electron chi connectivity index (χ3n) is 10.9. The molecule has 0 aromatic heterocycles. The van der Waals surface area contributed by atoms with Gasteiger partial charge in [0.1, 0.15) is 43.2 Å². The molecule has 0 radical (unpaired) electrons. The Morgan fingerprint density at radius 2 is 0.789 bits per heavy atom. The molecule has 0 aromatic carbocycles. The van der Waals surface area contributed by atoms with Crippen molar-refractivity contribution in [2.24, 2.45) is 0 Å². The van der Waals surface area contributed by atoms with E-state index in [2.05, 4.69) is 13.8 Å². The second-order valence-corrected chi connectivity index (χ2v) is 17.7. The molecule has 0 bridgehead atoms. The molecule has 1 rings (SSSR count). The normalized spacial score (nSPS) is 22.6. The fourth-order valence-electron chi connectivity index (χ4n) is 7.23. The van der Waals surface area contributed by atoms with Gasteiger partial charge >= 0.3 is 19.8 Å². The summed E-state index contributed by atoms with van der Waals surface area (Å²) in [4.78, 5) is 35.6. The summed E-state index contributed by atoms with van der Waals surface area (Å²) in [5.74, 6) is -1.09. The first-order valence-electron chi connectivity index (χ1n) is 22.8. The second kappa shape index (κ2) is 34.6. The molecule has 0 aromatic rings. The number of carbonyl (C=O) groups excluding carboxylic acids is 2. The number of unbranched alkanes of at least 4 members (excludes halogenated alkanes) is 26. The van der Waals surface area contributed by atoms with Crippen molar-refractivity contribution in [2.75, 3.05) is 13.2 Å². The van der Waals surface area contributed by atoms with Crippen LogP contribution >= 0.6 is 7.82 Å². The molecule has 1 saturated carbocycles. The minimum atomic E-state index is -5.11. The van der Waals surface area contributed by atoms with Crippen molar-refractivity contribution in [1.29, 1.82) is 0 Å². The molecular weight excluding hydrogens is 755 g/mol. The summed E-state index contributed by atoms with van der Waals surface area (Å²) in [5.41, 5.74) is 0. The highest BCUT2D eigenvalue weighted by Crippen LogP contribution is 2.47. The van der Waals surface area contributed by atoms with Crippen molar-refractivity contribution in [3.63, 3.8) is 0 Å². The van der Waals surface area contributed by atoms with E-state index in [1.54, 1.807) is 0 Å². The molecule has 13 nitrogen and oxygen atoms in total. The number of phosphoric ester groups is 1. The lowest BCUT2D eigenvalue weighted by Crippen LogP contribution is -2.64. The van der Waals surface area contributed by atoms with Gasteiger partial charge in [0.2, 0.25) is 0 Å². The van der Waals surface area contributed by atoms with Gasteiger partial charge in [0.15, 0.2) is 6.10 Å². The summed E-state index contributed by atoms with van der Waals surface area (Å²) in [5, 5.41) is 50.1. The smallest absolute Gasteiger partial charge is 0.462 e. The third-order valence-corrected chi connectivity index (χ3v) is 11.9. The minimum Gasteiger partial charge on any atom is -0.462 e. The molecule has 0 aliphatic heterocycles. The minimum absolute atomic E-state index is 0.105. The van der Waals surface area contributed by atoms with Gasteiger partial charge in [-0.3, -0.25) is 18.6 Å². The number of hydrogen-bond acceptors (Lipinski definition) is 12. The van der Waals surface area contributed by atoms with Crippen molar-refractivity contribution < 1.29 is 63.1 Å². The van der Waals surface area contributed by atoms with Gasteiger partial charge in [0.25, 0.3) is 0 Å². The maximum Gasteiger partial charge on any atom is 0.472 e. The number of rotatable bonds is 38. The summed E-state index contributed by atoms with van der Waals surface area (Å²) in [6.45, 7) is 3.31. The number of aliphatic hydroxyl groups excluding tert-OH is 5. The predicted octanol–water partition coefficient (Wildman–Crippen LogP) is 8.50. The summed E-state index contributed by atoms with van der Waals surface area (Å²) in [7, 11) is -5.11. The molecule has 0 spiro atoms. The second-order valence-electron chi connectivity index (χ2n) is 16.3. The van der Waals surface area contributed by atoms with E-state index >= 15 is 0 Å². The van der Waals surface area contributed by atoms with Crippen LogP contribution in [-0.4, -0.2) is 98.3 Å². The van der Waals surface area contributed by atoms with Gasteiger partial charge in [-0.25, -0.2) is 4.57 Å². The molecule has 8 atom stereocenters.